The molecule has 2 heterocycles. The Bertz CT molecular complexity index is 1320. The Kier molecular flexibility index (Phi) is 4.52. The molecule has 2 aromatic heterocycles. The zero-order valence-corrected chi connectivity index (χ0v) is 15.6. The lowest BCUT2D eigenvalue weighted by Gasteiger charge is -2.16. The molecule has 0 bridgehead atoms. The SMILES string of the molecule is COc1cc2c(=O)n(CCCO)c3c4ccccc4[nH]c(=O)c3c2cc1OC. The summed E-state index contributed by atoms with van der Waals surface area (Å²) in [6.07, 6.45) is 0.398. The number of fused-ring (bicyclic) bond motifs is 5. The summed E-state index contributed by atoms with van der Waals surface area (Å²) in [5.74, 6) is 0.855. The van der Waals surface area contributed by atoms with Crippen LogP contribution in [0.3, 0.4) is 0 Å². The molecule has 7 heteroatoms. The van der Waals surface area contributed by atoms with Crippen LogP contribution in [0.1, 0.15) is 6.42 Å². The van der Waals surface area contributed by atoms with Gasteiger partial charge in [-0.3, -0.25) is 9.59 Å². The molecule has 7 nitrogen and oxygen atoms in total. The first-order valence-corrected chi connectivity index (χ1v) is 8.94. The molecule has 144 valence electrons. The number of benzene rings is 2. The number of nitrogens with zero attached hydrogens (tertiary/aromatic N) is 1. The first kappa shape index (κ1) is 18.1. The smallest absolute Gasteiger partial charge is 0.259 e. The third-order valence-electron chi connectivity index (χ3n) is 4.97. The molecule has 28 heavy (non-hydrogen) atoms. The van der Waals surface area contributed by atoms with Gasteiger partial charge in [0, 0.05) is 23.9 Å². The second-order valence-corrected chi connectivity index (χ2v) is 6.51. The molecule has 0 aliphatic rings. The first-order chi connectivity index (χ1) is 13.6. The van der Waals surface area contributed by atoms with E-state index in [9.17, 15) is 14.7 Å². The van der Waals surface area contributed by atoms with Crippen LogP contribution in [0, 0.1) is 0 Å². The summed E-state index contributed by atoms with van der Waals surface area (Å²) in [6, 6.07) is 10.6. The van der Waals surface area contributed by atoms with Crippen LogP contribution in [0.5, 0.6) is 11.5 Å². The minimum absolute atomic E-state index is 0.0565. The van der Waals surface area contributed by atoms with Crippen molar-refractivity contribution in [3.8, 4) is 11.5 Å². The summed E-state index contributed by atoms with van der Waals surface area (Å²) in [6.45, 7) is 0.239. The molecule has 0 saturated carbocycles. The maximum absolute atomic E-state index is 13.3. The lowest BCUT2D eigenvalue weighted by atomic mass is 10.0. The molecule has 0 aliphatic carbocycles. The topological polar surface area (TPSA) is 93.5 Å². The number of methoxy groups -OCH3 is 2. The van der Waals surface area contributed by atoms with E-state index in [4.69, 9.17) is 9.47 Å². The van der Waals surface area contributed by atoms with Crippen molar-refractivity contribution < 1.29 is 14.6 Å². The molecule has 2 N–H and O–H groups in total. The van der Waals surface area contributed by atoms with E-state index in [0.29, 0.717) is 51.7 Å². The van der Waals surface area contributed by atoms with Crippen molar-refractivity contribution in [1.29, 1.82) is 0 Å². The minimum Gasteiger partial charge on any atom is -0.493 e. The fourth-order valence-electron chi connectivity index (χ4n) is 3.71. The monoisotopic (exact) mass is 380 g/mol. The number of aromatic amines is 1. The summed E-state index contributed by atoms with van der Waals surface area (Å²) in [5.41, 5.74) is 0.672. The fourth-order valence-corrected chi connectivity index (χ4v) is 3.71. The number of H-pyrrole nitrogens is 1. The number of hydrogen-bond acceptors (Lipinski definition) is 5. The average Bonchev–Trinajstić information content (AvgIpc) is 2.72. The predicted octanol–water partition coefficient (Wildman–Crippen LogP) is 2.40. The van der Waals surface area contributed by atoms with Crippen molar-refractivity contribution in [2.24, 2.45) is 0 Å². The van der Waals surface area contributed by atoms with Gasteiger partial charge < -0.3 is 24.1 Å². The average molecular weight is 380 g/mol. The van der Waals surface area contributed by atoms with E-state index in [1.165, 1.54) is 14.2 Å². The van der Waals surface area contributed by atoms with Crippen LogP contribution in [0.15, 0.2) is 46.0 Å². The Morgan fingerprint density at radius 3 is 2.36 bits per heavy atom. The minimum atomic E-state index is -0.288. The number of hydrogen-bond donors (Lipinski definition) is 2. The van der Waals surface area contributed by atoms with E-state index in [-0.39, 0.29) is 17.7 Å². The summed E-state index contributed by atoms with van der Waals surface area (Å²) >= 11 is 0. The van der Waals surface area contributed by atoms with Crippen molar-refractivity contribution in [2.45, 2.75) is 13.0 Å². The van der Waals surface area contributed by atoms with E-state index < -0.39 is 0 Å². The van der Waals surface area contributed by atoms with Gasteiger partial charge in [-0.25, -0.2) is 0 Å². The fraction of sp³-hybridized carbons (Fsp3) is 0.238. The number of pyridine rings is 2. The Hall–Kier alpha value is -3.32. The zero-order chi connectivity index (χ0) is 19.8. The van der Waals surface area contributed by atoms with Crippen LogP contribution in [0.2, 0.25) is 0 Å². The van der Waals surface area contributed by atoms with Crippen LogP contribution in [0.4, 0.5) is 0 Å². The second kappa shape index (κ2) is 7.01. The maximum atomic E-state index is 13.3. The van der Waals surface area contributed by atoms with E-state index in [2.05, 4.69) is 4.98 Å². The molecule has 0 aliphatic heterocycles. The highest BCUT2D eigenvalue weighted by atomic mass is 16.5. The van der Waals surface area contributed by atoms with Gasteiger partial charge in [-0.05, 0) is 24.6 Å². The first-order valence-electron chi connectivity index (χ1n) is 8.94. The van der Waals surface area contributed by atoms with Crippen LogP contribution < -0.4 is 20.6 Å². The highest BCUT2D eigenvalue weighted by molar-refractivity contribution is 6.14. The van der Waals surface area contributed by atoms with Gasteiger partial charge in [0.15, 0.2) is 11.5 Å². The standard InChI is InChI=1S/C21H20N2O5/c1-27-16-10-13-14(11-17(16)28-2)21(26)23(8-5-9-24)19-12-6-3-4-7-15(12)22-20(25)18(13)19/h3-4,6-7,10-11,24H,5,8-9H2,1-2H3,(H,22,25). The van der Waals surface area contributed by atoms with Crippen molar-refractivity contribution in [2.75, 3.05) is 20.8 Å². The molecule has 2 aromatic carbocycles. The van der Waals surface area contributed by atoms with Gasteiger partial charge in [0.1, 0.15) is 0 Å². The number of aryl methyl sites for hydroxylation is 1. The number of aliphatic hydroxyl groups is 1. The molecular formula is C21H20N2O5. The number of aliphatic hydroxyl groups excluding tert-OH is 1. The number of aromatic nitrogens is 2. The van der Waals surface area contributed by atoms with Crippen molar-refractivity contribution in [3.05, 3.63) is 57.1 Å². The van der Waals surface area contributed by atoms with Gasteiger partial charge in [0.2, 0.25) is 0 Å². The Morgan fingerprint density at radius 1 is 1.00 bits per heavy atom. The van der Waals surface area contributed by atoms with Gasteiger partial charge in [0.25, 0.3) is 11.1 Å². The van der Waals surface area contributed by atoms with Crippen LogP contribution >= 0.6 is 0 Å². The van der Waals surface area contributed by atoms with E-state index >= 15 is 0 Å². The molecular weight excluding hydrogens is 360 g/mol. The van der Waals surface area contributed by atoms with Crippen molar-refractivity contribution in [3.63, 3.8) is 0 Å². The molecule has 0 fully saturated rings. The van der Waals surface area contributed by atoms with Crippen molar-refractivity contribution in [1.82, 2.24) is 9.55 Å². The largest absolute Gasteiger partial charge is 0.493 e. The number of nitrogens with one attached hydrogen (secondary N) is 1. The van der Waals surface area contributed by atoms with Crippen LogP contribution in [0.25, 0.3) is 32.6 Å². The Labute approximate surface area is 159 Å². The highest BCUT2D eigenvalue weighted by Crippen LogP contribution is 2.34. The summed E-state index contributed by atoms with van der Waals surface area (Å²) in [5, 5.41) is 11.3. The summed E-state index contributed by atoms with van der Waals surface area (Å²) in [7, 11) is 3.00. The number of para-hydroxylation sites is 1. The highest BCUT2D eigenvalue weighted by Gasteiger charge is 2.19. The lowest BCUT2D eigenvalue weighted by molar-refractivity contribution is 0.280. The summed E-state index contributed by atoms with van der Waals surface area (Å²) < 4.78 is 12.3. The van der Waals surface area contributed by atoms with Gasteiger partial charge in [0.05, 0.1) is 36.0 Å². The summed E-state index contributed by atoms with van der Waals surface area (Å²) in [4.78, 5) is 29.3. The molecule has 0 atom stereocenters. The second-order valence-electron chi connectivity index (χ2n) is 6.51. The predicted molar refractivity (Wildman–Crippen MR) is 109 cm³/mol. The number of rotatable bonds is 5. The normalized spacial score (nSPS) is 11.4. The molecule has 4 rings (SSSR count). The lowest BCUT2D eigenvalue weighted by Crippen LogP contribution is -2.24. The molecule has 4 aromatic rings. The van der Waals surface area contributed by atoms with Crippen LogP contribution in [-0.2, 0) is 6.54 Å². The van der Waals surface area contributed by atoms with Crippen LogP contribution in [-0.4, -0.2) is 35.5 Å². The molecule has 0 unspecified atom stereocenters. The van der Waals surface area contributed by atoms with E-state index in [1.54, 1.807) is 22.8 Å². The Morgan fingerprint density at radius 2 is 1.68 bits per heavy atom. The molecule has 0 spiro atoms. The van der Waals surface area contributed by atoms with Gasteiger partial charge in [-0.1, -0.05) is 18.2 Å². The molecule has 0 radical (unpaired) electrons. The zero-order valence-electron chi connectivity index (χ0n) is 15.6. The number of ether oxygens (including phenoxy) is 2. The molecule has 0 amide bonds. The van der Waals surface area contributed by atoms with E-state index in [0.717, 1.165) is 5.39 Å². The Balaban J connectivity index is 2.31. The van der Waals surface area contributed by atoms with E-state index in [1.807, 2.05) is 18.2 Å². The maximum Gasteiger partial charge on any atom is 0.259 e. The van der Waals surface area contributed by atoms with Gasteiger partial charge in [-0.15, -0.1) is 0 Å². The van der Waals surface area contributed by atoms with Gasteiger partial charge in [-0.2, -0.15) is 0 Å². The molecule has 0 saturated heterocycles. The van der Waals surface area contributed by atoms with Crippen molar-refractivity contribution >= 4 is 32.6 Å². The van der Waals surface area contributed by atoms with Gasteiger partial charge >= 0.3 is 0 Å². The quantitative estimate of drug-likeness (QED) is 0.519. The third kappa shape index (κ3) is 2.63. The third-order valence-corrected chi connectivity index (χ3v) is 4.97.